The predicted octanol–water partition coefficient (Wildman–Crippen LogP) is 3.83. The van der Waals surface area contributed by atoms with Crippen LogP contribution < -0.4 is 15.5 Å². The summed E-state index contributed by atoms with van der Waals surface area (Å²) in [5.41, 5.74) is 2.82. The summed E-state index contributed by atoms with van der Waals surface area (Å²) >= 11 is 5.71. The van der Waals surface area contributed by atoms with Crippen molar-refractivity contribution in [2.75, 3.05) is 22.1 Å². The van der Waals surface area contributed by atoms with Crippen molar-refractivity contribution in [2.45, 2.75) is 26.3 Å². The average Bonchev–Trinajstić information content (AvgIpc) is 3.00. The molecule has 0 spiro atoms. The summed E-state index contributed by atoms with van der Waals surface area (Å²) in [7, 11) is 0. The van der Waals surface area contributed by atoms with E-state index in [-0.39, 0.29) is 22.5 Å². The quantitative estimate of drug-likeness (QED) is 0.853. The molecule has 0 fully saturated rings. The van der Waals surface area contributed by atoms with Crippen molar-refractivity contribution >= 4 is 40.5 Å². The average molecular weight is 376 g/mol. The SMILES string of the molecule is CC(=O)N1CCc2cc(NC(C)C(=O)Nc3ccc(Cl)cc3F)ccc21. The van der Waals surface area contributed by atoms with Crippen LogP contribution in [0.2, 0.25) is 5.02 Å². The van der Waals surface area contributed by atoms with Gasteiger partial charge in [-0.25, -0.2) is 4.39 Å². The highest BCUT2D eigenvalue weighted by Crippen LogP contribution is 2.30. The number of nitrogens with zero attached hydrogens (tertiary/aromatic N) is 1. The molecular weight excluding hydrogens is 357 g/mol. The number of carbonyl (C=O) groups excluding carboxylic acids is 2. The van der Waals surface area contributed by atoms with Crippen molar-refractivity contribution in [3.8, 4) is 0 Å². The van der Waals surface area contributed by atoms with E-state index < -0.39 is 11.9 Å². The number of carbonyl (C=O) groups is 2. The molecule has 2 aromatic carbocycles. The van der Waals surface area contributed by atoms with Gasteiger partial charge in [-0.15, -0.1) is 0 Å². The van der Waals surface area contributed by atoms with Gasteiger partial charge in [0.1, 0.15) is 11.9 Å². The minimum absolute atomic E-state index is 0.0159. The number of amides is 2. The molecule has 7 heteroatoms. The van der Waals surface area contributed by atoms with Crippen molar-refractivity contribution in [1.29, 1.82) is 0 Å². The fraction of sp³-hybridized carbons (Fsp3) is 0.263. The standard InChI is InChI=1S/C19H19ClFN3O2/c1-11(19(26)23-17-5-3-14(20)10-16(17)21)22-15-4-6-18-13(9-15)7-8-24(18)12(2)25/h3-6,9-11,22H,7-8H2,1-2H3,(H,23,26). The van der Waals surface area contributed by atoms with Crippen LogP contribution in [0.15, 0.2) is 36.4 Å². The van der Waals surface area contributed by atoms with Crippen LogP contribution >= 0.6 is 11.6 Å². The number of benzene rings is 2. The summed E-state index contributed by atoms with van der Waals surface area (Å²) in [5, 5.41) is 5.91. The second-order valence-corrected chi connectivity index (χ2v) is 6.68. The molecule has 5 nitrogen and oxygen atoms in total. The monoisotopic (exact) mass is 375 g/mol. The number of hydrogen-bond donors (Lipinski definition) is 2. The van der Waals surface area contributed by atoms with E-state index in [0.717, 1.165) is 29.4 Å². The summed E-state index contributed by atoms with van der Waals surface area (Å²) in [6, 6.07) is 9.14. The first kappa shape index (κ1) is 18.2. The minimum Gasteiger partial charge on any atom is -0.374 e. The van der Waals surface area contributed by atoms with Crippen molar-refractivity contribution in [1.82, 2.24) is 0 Å². The lowest BCUT2D eigenvalue weighted by Gasteiger charge is -2.18. The number of halogens is 2. The first-order valence-corrected chi connectivity index (χ1v) is 8.66. The maximum Gasteiger partial charge on any atom is 0.246 e. The second-order valence-electron chi connectivity index (χ2n) is 6.24. The normalized spacial score (nSPS) is 13.9. The number of anilines is 3. The van der Waals surface area contributed by atoms with Crippen LogP contribution in [-0.2, 0) is 16.0 Å². The van der Waals surface area contributed by atoms with Crippen LogP contribution in [0, 0.1) is 5.82 Å². The van der Waals surface area contributed by atoms with Crippen LogP contribution in [0.5, 0.6) is 0 Å². The Morgan fingerprint density at radius 3 is 2.69 bits per heavy atom. The predicted molar refractivity (Wildman–Crippen MR) is 101 cm³/mol. The molecule has 1 aliphatic heterocycles. The van der Waals surface area contributed by atoms with Gasteiger partial charge in [-0.1, -0.05) is 11.6 Å². The zero-order valence-corrected chi connectivity index (χ0v) is 15.2. The van der Waals surface area contributed by atoms with Gasteiger partial charge in [-0.05, 0) is 55.3 Å². The van der Waals surface area contributed by atoms with Crippen LogP contribution in [0.25, 0.3) is 0 Å². The van der Waals surface area contributed by atoms with Crippen molar-refractivity contribution < 1.29 is 14.0 Å². The smallest absolute Gasteiger partial charge is 0.246 e. The molecule has 0 bridgehead atoms. The van der Waals surface area contributed by atoms with E-state index in [1.165, 1.54) is 12.1 Å². The molecule has 0 saturated heterocycles. The van der Waals surface area contributed by atoms with Crippen LogP contribution in [-0.4, -0.2) is 24.4 Å². The maximum absolute atomic E-state index is 13.8. The largest absolute Gasteiger partial charge is 0.374 e. The molecule has 0 aromatic heterocycles. The lowest BCUT2D eigenvalue weighted by molar-refractivity contribution is -0.117. The van der Waals surface area contributed by atoms with Crippen molar-refractivity contribution in [3.63, 3.8) is 0 Å². The highest BCUT2D eigenvalue weighted by Gasteiger charge is 2.23. The van der Waals surface area contributed by atoms with Gasteiger partial charge in [0.05, 0.1) is 5.69 Å². The van der Waals surface area contributed by atoms with Crippen LogP contribution in [0.1, 0.15) is 19.4 Å². The highest BCUT2D eigenvalue weighted by molar-refractivity contribution is 6.30. The highest BCUT2D eigenvalue weighted by atomic mass is 35.5. The van der Waals surface area contributed by atoms with E-state index in [9.17, 15) is 14.0 Å². The van der Waals surface area contributed by atoms with Gasteiger partial charge in [0.15, 0.2) is 0 Å². The molecule has 1 aliphatic rings. The Hall–Kier alpha value is -2.60. The summed E-state index contributed by atoms with van der Waals surface area (Å²) in [6.45, 7) is 3.90. The van der Waals surface area contributed by atoms with Crippen LogP contribution in [0.3, 0.4) is 0 Å². The van der Waals surface area contributed by atoms with Gasteiger partial charge in [0.25, 0.3) is 0 Å². The van der Waals surface area contributed by atoms with Gasteiger partial charge in [0, 0.05) is 29.9 Å². The lowest BCUT2D eigenvalue weighted by atomic mass is 10.1. The molecule has 1 unspecified atom stereocenters. The number of nitrogens with one attached hydrogen (secondary N) is 2. The van der Waals surface area contributed by atoms with Crippen molar-refractivity contribution in [2.24, 2.45) is 0 Å². The molecule has 0 radical (unpaired) electrons. The molecule has 2 aromatic rings. The Labute approximate surface area is 156 Å². The zero-order chi connectivity index (χ0) is 18.8. The topological polar surface area (TPSA) is 61.4 Å². The minimum atomic E-state index is -0.583. The molecule has 26 heavy (non-hydrogen) atoms. The van der Waals surface area contributed by atoms with Gasteiger partial charge in [-0.2, -0.15) is 0 Å². The molecular formula is C19H19ClFN3O2. The molecule has 136 valence electrons. The Morgan fingerprint density at radius 2 is 2.00 bits per heavy atom. The third kappa shape index (κ3) is 3.80. The third-order valence-electron chi connectivity index (χ3n) is 4.32. The van der Waals surface area contributed by atoms with Gasteiger partial charge in [-0.3, -0.25) is 9.59 Å². The van der Waals surface area contributed by atoms with Gasteiger partial charge < -0.3 is 15.5 Å². The Bertz CT molecular complexity index is 872. The summed E-state index contributed by atoms with van der Waals surface area (Å²) < 4.78 is 13.8. The van der Waals surface area contributed by atoms with E-state index in [2.05, 4.69) is 10.6 Å². The summed E-state index contributed by atoms with van der Waals surface area (Å²) in [4.78, 5) is 25.6. The Kier molecular flexibility index (Phi) is 5.13. The first-order chi connectivity index (χ1) is 12.3. The number of hydrogen-bond acceptors (Lipinski definition) is 3. The molecule has 0 saturated carbocycles. The van der Waals surface area contributed by atoms with E-state index in [1.807, 2.05) is 18.2 Å². The second kappa shape index (κ2) is 7.33. The third-order valence-corrected chi connectivity index (χ3v) is 4.56. The molecule has 1 atom stereocenters. The molecule has 3 rings (SSSR count). The zero-order valence-electron chi connectivity index (χ0n) is 14.5. The van der Waals surface area contributed by atoms with E-state index in [1.54, 1.807) is 18.7 Å². The maximum atomic E-state index is 13.8. The first-order valence-electron chi connectivity index (χ1n) is 8.28. The van der Waals surface area contributed by atoms with Crippen molar-refractivity contribution in [3.05, 3.63) is 52.8 Å². The molecule has 2 N–H and O–H groups in total. The van der Waals surface area contributed by atoms with Crippen LogP contribution in [0.4, 0.5) is 21.5 Å². The van der Waals surface area contributed by atoms with Gasteiger partial charge in [0.2, 0.25) is 11.8 Å². The van der Waals surface area contributed by atoms with E-state index in [0.29, 0.717) is 6.54 Å². The summed E-state index contributed by atoms with van der Waals surface area (Å²) in [6.07, 6.45) is 0.779. The molecule has 0 aliphatic carbocycles. The molecule has 2 amide bonds. The molecule has 1 heterocycles. The fourth-order valence-electron chi connectivity index (χ4n) is 2.97. The lowest BCUT2D eigenvalue weighted by Crippen LogP contribution is -2.32. The van der Waals surface area contributed by atoms with E-state index in [4.69, 9.17) is 11.6 Å². The Morgan fingerprint density at radius 1 is 1.23 bits per heavy atom. The number of fused-ring (bicyclic) bond motifs is 1. The number of rotatable bonds is 4. The summed E-state index contributed by atoms with van der Waals surface area (Å²) in [5.74, 6) is -0.931. The fourth-order valence-corrected chi connectivity index (χ4v) is 3.12. The Balaban J connectivity index is 1.67. The van der Waals surface area contributed by atoms with Gasteiger partial charge >= 0.3 is 0 Å². The van der Waals surface area contributed by atoms with E-state index >= 15 is 0 Å².